The standard InChI is InChI=1S/C15H20N2O3/c1-14(19)15(8-4-2-5-9-15)20-13(18)17(14)11-12-7-3-6-10-16-12/h3,6-7,10,19H,2,4-5,8-9,11H2,1H3. The molecule has 1 aromatic heterocycles. The van der Waals surface area contributed by atoms with E-state index < -0.39 is 17.4 Å². The summed E-state index contributed by atoms with van der Waals surface area (Å²) in [5.41, 5.74) is -1.28. The van der Waals surface area contributed by atoms with Crippen molar-refractivity contribution in [3.05, 3.63) is 30.1 Å². The molecule has 20 heavy (non-hydrogen) atoms. The normalized spacial score (nSPS) is 28.7. The lowest BCUT2D eigenvalue weighted by Gasteiger charge is -2.42. The highest BCUT2D eigenvalue weighted by Gasteiger charge is 2.61. The van der Waals surface area contributed by atoms with E-state index in [0.29, 0.717) is 0 Å². The number of ether oxygens (including phenoxy) is 1. The number of aromatic nitrogens is 1. The molecule has 1 atom stereocenters. The fourth-order valence-corrected chi connectivity index (χ4v) is 3.31. The summed E-state index contributed by atoms with van der Waals surface area (Å²) in [6, 6.07) is 5.54. The molecule has 0 radical (unpaired) electrons. The Hall–Kier alpha value is -1.62. The molecule has 1 unspecified atom stereocenters. The van der Waals surface area contributed by atoms with Gasteiger partial charge >= 0.3 is 6.09 Å². The molecule has 2 heterocycles. The van der Waals surface area contributed by atoms with Crippen LogP contribution in [0.25, 0.3) is 0 Å². The first-order valence-corrected chi connectivity index (χ1v) is 7.18. The maximum atomic E-state index is 12.2. The van der Waals surface area contributed by atoms with Gasteiger partial charge in [-0.2, -0.15) is 0 Å². The molecule has 1 amide bonds. The molecule has 0 aromatic carbocycles. The van der Waals surface area contributed by atoms with Crippen molar-refractivity contribution >= 4 is 6.09 Å². The summed E-state index contributed by atoms with van der Waals surface area (Å²) >= 11 is 0. The van der Waals surface area contributed by atoms with E-state index in [1.54, 1.807) is 13.1 Å². The minimum absolute atomic E-state index is 0.272. The SMILES string of the molecule is CC1(O)N(Cc2ccccn2)C(=O)OC12CCCCC2. The van der Waals surface area contributed by atoms with Gasteiger partial charge in [0.25, 0.3) is 0 Å². The van der Waals surface area contributed by atoms with E-state index in [1.165, 1.54) is 4.90 Å². The van der Waals surface area contributed by atoms with Crippen molar-refractivity contribution in [3.63, 3.8) is 0 Å². The number of nitrogens with zero attached hydrogens (tertiary/aromatic N) is 2. The maximum Gasteiger partial charge on any atom is 0.413 e. The number of hydrogen-bond acceptors (Lipinski definition) is 4. The molecular weight excluding hydrogens is 256 g/mol. The molecule has 1 aliphatic heterocycles. The van der Waals surface area contributed by atoms with Crippen LogP contribution in [0.4, 0.5) is 4.79 Å². The highest BCUT2D eigenvalue weighted by Crippen LogP contribution is 2.47. The Morgan fingerprint density at radius 1 is 1.35 bits per heavy atom. The van der Waals surface area contributed by atoms with Gasteiger partial charge in [-0.25, -0.2) is 4.79 Å². The second-order valence-corrected chi connectivity index (χ2v) is 5.85. The minimum Gasteiger partial charge on any atom is -0.438 e. The summed E-state index contributed by atoms with van der Waals surface area (Å²) in [5.74, 6) is 0. The highest BCUT2D eigenvalue weighted by atomic mass is 16.6. The Morgan fingerprint density at radius 2 is 2.10 bits per heavy atom. The Kier molecular flexibility index (Phi) is 3.17. The van der Waals surface area contributed by atoms with E-state index in [2.05, 4.69) is 4.98 Å². The van der Waals surface area contributed by atoms with Crippen LogP contribution in [0.5, 0.6) is 0 Å². The number of pyridine rings is 1. The molecule has 1 N–H and O–H groups in total. The van der Waals surface area contributed by atoms with Crippen LogP contribution in [0.1, 0.15) is 44.7 Å². The molecule has 1 spiro atoms. The van der Waals surface area contributed by atoms with E-state index >= 15 is 0 Å². The number of carbonyl (C=O) groups is 1. The number of aliphatic hydroxyl groups is 1. The van der Waals surface area contributed by atoms with E-state index in [1.807, 2.05) is 18.2 Å². The number of amides is 1. The summed E-state index contributed by atoms with van der Waals surface area (Å²) in [7, 11) is 0. The highest BCUT2D eigenvalue weighted by molar-refractivity contribution is 5.72. The maximum absolute atomic E-state index is 12.2. The first kappa shape index (κ1) is 13.4. The zero-order chi connectivity index (χ0) is 14.2. The van der Waals surface area contributed by atoms with Crippen molar-refractivity contribution in [2.24, 2.45) is 0 Å². The third-order valence-electron chi connectivity index (χ3n) is 4.60. The predicted octanol–water partition coefficient (Wildman–Crippen LogP) is 2.45. The molecule has 2 aliphatic rings. The second kappa shape index (κ2) is 4.74. The van der Waals surface area contributed by atoms with Crippen molar-refractivity contribution in [3.8, 4) is 0 Å². The number of rotatable bonds is 2. The minimum atomic E-state index is -1.28. The first-order chi connectivity index (χ1) is 9.55. The van der Waals surface area contributed by atoms with Crippen LogP contribution in [0.3, 0.4) is 0 Å². The lowest BCUT2D eigenvalue weighted by molar-refractivity contribution is -0.160. The molecule has 0 bridgehead atoms. The Morgan fingerprint density at radius 3 is 2.75 bits per heavy atom. The number of carbonyl (C=O) groups excluding carboxylic acids is 1. The van der Waals surface area contributed by atoms with Crippen molar-refractivity contribution in [1.29, 1.82) is 0 Å². The summed E-state index contributed by atoms with van der Waals surface area (Å²) in [6.07, 6.45) is 5.80. The lowest BCUT2D eigenvalue weighted by Crippen LogP contribution is -2.57. The zero-order valence-corrected chi connectivity index (χ0v) is 11.7. The number of hydrogen-bond donors (Lipinski definition) is 1. The van der Waals surface area contributed by atoms with E-state index in [0.717, 1.165) is 37.8 Å². The van der Waals surface area contributed by atoms with E-state index in [4.69, 9.17) is 4.74 Å². The van der Waals surface area contributed by atoms with Crippen LogP contribution in [-0.4, -0.2) is 32.4 Å². The van der Waals surface area contributed by atoms with Crippen molar-refractivity contribution in [2.75, 3.05) is 0 Å². The van der Waals surface area contributed by atoms with Crippen molar-refractivity contribution < 1.29 is 14.6 Å². The molecule has 108 valence electrons. The average Bonchev–Trinajstić information content (AvgIpc) is 2.62. The van der Waals surface area contributed by atoms with Gasteiger partial charge in [-0.1, -0.05) is 12.5 Å². The molecule has 1 saturated carbocycles. The van der Waals surface area contributed by atoms with Gasteiger partial charge < -0.3 is 9.84 Å². The first-order valence-electron chi connectivity index (χ1n) is 7.18. The van der Waals surface area contributed by atoms with Crippen LogP contribution >= 0.6 is 0 Å². The van der Waals surface area contributed by atoms with Crippen molar-refractivity contribution in [2.45, 2.75) is 56.9 Å². The van der Waals surface area contributed by atoms with Gasteiger partial charge in [0, 0.05) is 6.20 Å². The van der Waals surface area contributed by atoms with Gasteiger partial charge in [0.05, 0.1) is 12.2 Å². The Balaban J connectivity index is 1.86. The molecule has 5 heteroatoms. The van der Waals surface area contributed by atoms with Crippen LogP contribution in [0.15, 0.2) is 24.4 Å². The third-order valence-corrected chi connectivity index (χ3v) is 4.60. The van der Waals surface area contributed by atoms with E-state index in [-0.39, 0.29) is 6.54 Å². The summed E-state index contributed by atoms with van der Waals surface area (Å²) < 4.78 is 5.60. The quantitative estimate of drug-likeness (QED) is 0.901. The second-order valence-electron chi connectivity index (χ2n) is 5.85. The predicted molar refractivity (Wildman–Crippen MR) is 72.7 cm³/mol. The average molecular weight is 276 g/mol. The van der Waals surface area contributed by atoms with Crippen LogP contribution < -0.4 is 0 Å². The topological polar surface area (TPSA) is 62.7 Å². The molecule has 1 aromatic rings. The summed E-state index contributed by atoms with van der Waals surface area (Å²) in [5, 5.41) is 10.9. The Labute approximate surface area is 118 Å². The molecular formula is C15H20N2O3. The van der Waals surface area contributed by atoms with Crippen LogP contribution in [0, 0.1) is 0 Å². The van der Waals surface area contributed by atoms with Gasteiger partial charge in [-0.3, -0.25) is 9.88 Å². The lowest BCUT2D eigenvalue weighted by atomic mass is 9.77. The molecule has 1 saturated heterocycles. The smallest absolute Gasteiger partial charge is 0.413 e. The van der Waals surface area contributed by atoms with Gasteiger partial charge in [0.15, 0.2) is 11.3 Å². The molecule has 3 rings (SSSR count). The molecule has 1 aliphatic carbocycles. The van der Waals surface area contributed by atoms with Crippen LogP contribution in [-0.2, 0) is 11.3 Å². The van der Waals surface area contributed by atoms with Gasteiger partial charge in [0.2, 0.25) is 0 Å². The summed E-state index contributed by atoms with van der Waals surface area (Å²) in [4.78, 5) is 17.8. The van der Waals surface area contributed by atoms with Gasteiger partial charge in [-0.05, 0) is 44.7 Å². The van der Waals surface area contributed by atoms with Crippen LogP contribution in [0.2, 0.25) is 0 Å². The largest absolute Gasteiger partial charge is 0.438 e. The van der Waals surface area contributed by atoms with Crippen molar-refractivity contribution in [1.82, 2.24) is 9.88 Å². The fraction of sp³-hybridized carbons (Fsp3) is 0.600. The van der Waals surface area contributed by atoms with Gasteiger partial charge in [0.1, 0.15) is 0 Å². The Bertz CT molecular complexity index is 495. The third kappa shape index (κ3) is 1.97. The fourth-order valence-electron chi connectivity index (χ4n) is 3.31. The zero-order valence-electron chi connectivity index (χ0n) is 11.7. The summed E-state index contributed by atoms with van der Waals surface area (Å²) in [6.45, 7) is 1.96. The monoisotopic (exact) mass is 276 g/mol. The van der Waals surface area contributed by atoms with Gasteiger partial charge in [-0.15, -0.1) is 0 Å². The van der Waals surface area contributed by atoms with E-state index in [9.17, 15) is 9.90 Å². The molecule has 5 nitrogen and oxygen atoms in total. The molecule has 2 fully saturated rings.